The van der Waals surface area contributed by atoms with Gasteiger partial charge in [0.1, 0.15) is 12.3 Å². The van der Waals surface area contributed by atoms with Gasteiger partial charge in [-0.25, -0.2) is 0 Å². The minimum Gasteiger partial charge on any atom is -0.195 e. The van der Waals surface area contributed by atoms with Crippen LogP contribution >= 0.6 is 0 Å². The molecule has 0 saturated heterocycles. The molecule has 0 saturated carbocycles. The summed E-state index contributed by atoms with van der Waals surface area (Å²) in [4.78, 5) is 0. The van der Waals surface area contributed by atoms with Gasteiger partial charge >= 0.3 is 103 Å². The molecule has 0 fully saturated rings. The number of rotatable bonds is 8. The van der Waals surface area contributed by atoms with Crippen LogP contribution < -0.4 is 146 Å². The van der Waals surface area contributed by atoms with Crippen molar-refractivity contribution < 1.29 is 103 Å². The Morgan fingerprint density at radius 2 is 0.368 bits per heavy atom. The van der Waals surface area contributed by atoms with E-state index in [1.54, 1.807) is 0 Å². The van der Waals surface area contributed by atoms with Gasteiger partial charge in [0.2, 0.25) is 0 Å². The maximum Gasteiger partial charge on any atom is 1.00 e. The van der Waals surface area contributed by atoms with Crippen molar-refractivity contribution in [3.8, 4) is 0 Å². The molecule has 0 spiro atoms. The Kier molecular flexibility index (Phi) is 19.1. The summed E-state index contributed by atoms with van der Waals surface area (Å²) in [5, 5.41) is 0. The fraction of sp³-hybridized carbons (Fsp3) is 0.250. The third kappa shape index (κ3) is 11.6. The molecule has 0 aromatic heterocycles. The molecule has 0 aliphatic rings. The second kappa shape index (κ2) is 23.1. The summed E-state index contributed by atoms with van der Waals surface area (Å²) in [6, 6.07) is 56.6. The molecule has 0 unspecified atom stereocenters. The third-order valence-electron chi connectivity index (χ3n) is 14.5. The topological polar surface area (TPSA) is 0 Å². The molecule has 0 heterocycles. The summed E-state index contributed by atoms with van der Waals surface area (Å²) < 4.78 is 0. The van der Waals surface area contributed by atoms with E-state index in [1.807, 2.05) is 0 Å². The van der Waals surface area contributed by atoms with Crippen LogP contribution in [0, 0.1) is 111 Å². The molecular weight excluding hydrogens is 869 g/mol. The van der Waals surface area contributed by atoms with Crippen LogP contribution in [-0.2, 0) is 0 Å². The fourth-order valence-electron chi connectivity index (χ4n) is 12.4. The summed E-state index contributed by atoms with van der Waals surface area (Å²) in [5.74, 6) is 0. The number of hydrogen-bond acceptors (Lipinski definition) is 0. The quantitative estimate of drug-likeness (QED) is 0.187. The van der Waals surface area contributed by atoms with Crippen LogP contribution in [0.2, 0.25) is 0 Å². The SMILES string of the molecule is Cc1cc(C)cc([B-](c2cc(C)cc(C)c2)(c2cc(C)cc(C)c2)c2cc(C)cc(C)c2)c1.Cc1ccc([B-](c2ccc(C)cc2C)(c2ccc(C)cc2C)c2ccc(C)cc2C)c(C)c1.[K+].[K+]. The van der Waals surface area contributed by atoms with Crippen molar-refractivity contribution in [3.63, 3.8) is 0 Å². The van der Waals surface area contributed by atoms with Crippen LogP contribution in [0.1, 0.15) is 89.0 Å². The first-order valence-electron chi connectivity index (χ1n) is 24.2. The summed E-state index contributed by atoms with van der Waals surface area (Å²) in [7, 11) is 0. The number of hydrogen-bond donors (Lipinski definition) is 0. The largest absolute Gasteiger partial charge is 1.00 e. The minimum atomic E-state index is -1.38. The second-order valence-corrected chi connectivity index (χ2v) is 20.9. The standard InChI is InChI=1S/2C32H36B.2K/c1-21-9-22(2)14-29(13-21)33(30-15-23(3)10-24(4)16-30,31-17-25(5)11-26(6)18-31)32-19-27(7)12-28(8)20-32;1-21-9-13-29(25(5)17-21)33(30-14-10-22(2)18-26(30)6,31-15-11-23(3)19-27(31)7)32-16-12-24(4)20-28(32)8;;/h2*9-20H,1-8H3;;/q2*-1;2*+1. The molecule has 0 nitrogen and oxygen atoms in total. The van der Waals surface area contributed by atoms with E-state index >= 15 is 0 Å². The van der Waals surface area contributed by atoms with Gasteiger partial charge in [0.15, 0.2) is 0 Å². The van der Waals surface area contributed by atoms with Crippen LogP contribution in [0.25, 0.3) is 0 Å². The van der Waals surface area contributed by atoms with Gasteiger partial charge in [-0.15, -0.1) is 0 Å². The van der Waals surface area contributed by atoms with Crippen LogP contribution in [0.4, 0.5) is 0 Å². The van der Waals surface area contributed by atoms with Gasteiger partial charge < -0.3 is 0 Å². The van der Waals surface area contributed by atoms with Crippen molar-refractivity contribution in [1.82, 2.24) is 0 Å². The van der Waals surface area contributed by atoms with Crippen molar-refractivity contribution in [1.29, 1.82) is 0 Å². The maximum atomic E-state index is 2.42. The molecule has 8 aromatic carbocycles. The third-order valence-corrected chi connectivity index (χ3v) is 14.5. The molecule has 4 heteroatoms. The zero-order valence-electron chi connectivity index (χ0n) is 45.0. The smallest absolute Gasteiger partial charge is 0.195 e. The molecule has 0 bridgehead atoms. The van der Waals surface area contributed by atoms with Crippen LogP contribution in [0.3, 0.4) is 0 Å². The molecule has 0 atom stereocenters. The van der Waals surface area contributed by atoms with Crippen LogP contribution in [-0.4, -0.2) is 12.3 Å². The van der Waals surface area contributed by atoms with E-state index in [9.17, 15) is 0 Å². The zero-order valence-corrected chi connectivity index (χ0v) is 51.3. The van der Waals surface area contributed by atoms with E-state index in [0.717, 1.165) is 0 Å². The Hall–Kier alpha value is -2.84. The zero-order chi connectivity index (χ0) is 47.8. The van der Waals surface area contributed by atoms with E-state index in [2.05, 4.69) is 256 Å². The summed E-state index contributed by atoms with van der Waals surface area (Å²) in [5.41, 5.74) is 32.4. The molecule has 0 aliphatic carbocycles. The van der Waals surface area contributed by atoms with Gasteiger partial charge in [0.05, 0.1) is 0 Å². The van der Waals surface area contributed by atoms with Gasteiger partial charge in [0, 0.05) is 0 Å². The Morgan fingerprint density at radius 1 is 0.191 bits per heavy atom. The van der Waals surface area contributed by atoms with Crippen molar-refractivity contribution in [2.75, 3.05) is 0 Å². The molecule has 0 amide bonds. The first kappa shape index (κ1) is 56.1. The van der Waals surface area contributed by atoms with Crippen LogP contribution in [0.15, 0.2) is 146 Å². The molecule has 336 valence electrons. The maximum absolute atomic E-state index is 2.42. The monoisotopic (exact) mass is 941 g/mol. The summed E-state index contributed by atoms with van der Waals surface area (Å²) >= 11 is 0. The first-order valence-corrected chi connectivity index (χ1v) is 24.2. The Balaban J connectivity index is 0.000000247. The molecular formula is C64H72B2K2. The average molecular weight is 941 g/mol. The second-order valence-electron chi connectivity index (χ2n) is 20.9. The number of aryl methyl sites for hydroxylation is 16. The molecule has 68 heavy (non-hydrogen) atoms. The van der Waals surface area contributed by atoms with Crippen molar-refractivity contribution in [3.05, 3.63) is 235 Å². The minimum absolute atomic E-state index is 0. The summed E-state index contributed by atoms with van der Waals surface area (Å²) in [6.07, 6.45) is -2.74. The molecule has 0 aliphatic heterocycles. The van der Waals surface area contributed by atoms with E-state index in [1.165, 1.54) is 133 Å². The van der Waals surface area contributed by atoms with Gasteiger partial charge in [-0.05, 0) is 111 Å². The average Bonchev–Trinajstić information content (AvgIpc) is 3.19. The van der Waals surface area contributed by atoms with Crippen molar-refractivity contribution in [2.45, 2.75) is 111 Å². The van der Waals surface area contributed by atoms with Gasteiger partial charge in [-0.2, -0.15) is 43.7 Å². The van der Waals surface area contributed by atoms with Gasteiger partial charge in [-0.3, -0.25) is 0 Å². The van der Waals surface area contributed by atoms with E-state index in [0.29, 0.717) is 0 Å². The first-order chi connectivity index (χ1) is 31.2. The van der Waals surface area contributed by atoms with E-state index in [-0.39, 0.29) is 103 Å². The summed E-state index contributed by atoms with van der Waals surface area (Å²) in [6.45, 7) is 35.7. The number of benzene rings is 8. The normalized spacial score (nSPS) is 11.3. The molecule has 0 radical (unpaired) electrons. The fourth-order valence-corrected chi connectivity index (χ4v) is 12.4. The van der Waals surface area contributed by atoms with E-state index in [4.69, 9.17) is 0 Å². The predicted octanol–water partition coefficient (Wildman–Crippen LogP) is 5.07. The van der Waals surface area contributed by atoms with Crippen molar-refractivity contribution >= 4 is 56.0 Å². The van der Waals surface area contributed by atoms with Gasteiger partial charge in [-0.1, -0.05) is 235 Å². The van der Waals surface area contributed by atoms with E-state index < -0.39 is 12.3 Å². The Bertz CT molecular complexity index is 2610. The predicted molar refractivity (Wildman–Crippen MR) is 296 cm³/mol. The molecule has 8 rings (SSSR count). The van der Waals surface area contributed by atoms with Gasteiger partial charge in [0.25, 0.3) is 0 Å². The Morgan fingerprint density at radius 3 is 0.529 bits per heavy atom. The van der Waals surface area contributed by atoms with Crippen LogP contribution in [0.5, 0.6) is 0 Å². The van der Waals surface area contributed by atoms with Crippen molar-refractivity contribution in [2.24, 2.45) is 0 Å². The molecule has 0 N–H and O–H groups in total. The Labute approximate surface area is 497 Å². The molecule has 8 aromatic rings.